The lowest BCUT2D eigenvalue weighted by Gasteiger charge is -2.45. The number of benzene rings is 6. The van der Waals surface area contributed by atoms with Crippen molar-refractivity contribution in [2.45, 2.75) is 27.7 Å². The van der Waals surface area contributed by atoms with Crippen molar-refractivity contribution in [2.24, 2.45) is 0 Å². The summed E-state index contributed by atoms with van der Waals surface area (Å²) >= 11 is 0. The van der Waals surface area contributed by atoms with Crippen molar-refractivity contribution in [3.8, 4) is 11.1 Å². The van der Waals surface area contributed by atoms with Gasteiger partial charge in [-0.05, 0) is 126 Å². The van der Waals surface area contributed by atoms with Crippen molar-refractivity contribution in [3.05, 3.63) is 156 Å². The van der Waals surface area contributed by atoms with Crippen LogP contribution in [0.3, 0.4) is 0 Å². The summed E-state index contributed by atoms with van der Waals surface area (Å²) in [6.07, 6.45) is 3.98. The number of fused-ring (bicyclic) bond motifs is 6. The molecule has 2 aliphatic heterocycles. The number of rotatable bonds is 3. The summed E-state index contributed by atoms with van der Waals surface area (Å²) in [7, 11) is 0. The molecular weight excluding hydrogens is 569 g/mol. The average Bonchev–Trinajstić information content (AvgIpc) is 3.09. The van der Waals surface area contributed by atoms with Gasteiger partial charge >= 0.3 is 0 Å². The number of aryl methyl sites for hydroxylation is 4. The molecule has 2 aliphatic rings. The fourth-order valence-electron chi connectivity index (χ4n) is 7.77. The van der Waals surface area contributed by atoms with Crippen LogP contribution in [0.25, 0.3) is 21.9 Å². The van der Waals surface area contributed by atoms with Gasteiger partial charge in [-0.2, -0.15) is 0 Å². The molecule has 0 radical (unpaired) electrons. The molecule has 0 fully saturated rings. The first-order valence-corrected chi connectivity index (χ1v) is 16.4. The van der Waals surface area contributed by atoms with Gasteiger partial charge in [0.15, 0.2) is 0 Å². The molecule has 9 rings (SSSR count). The van der Waals surface area contributed by atoms with E-state index >= 15 is 0 Å². The highest BCUT2D eigenvalue weighted by Crippen LogP contribution is 2.47. The number of hydrogen-bond donors (Lipinski definition) is 0. The van der Waals surface area contributed by atoms with Gasteiger partial charge in [-0.3, -0.25) is 4.98 Å². The molecule has 0 aliphatic carbocycles. The molecule has 0 saturated heterocycles. The number of anilines is 6. The van der Waals surface area contributed by atoms with Crippen LogP contribution in [-0.2, 0) is 0 Å². The Morgan fingerprint density at radius 3 is 1.74 bits per heavy atom. The van der Waals surface area contributed by atoms with Crippen LogP contribution in [0.1, 0.15) is 22.3 Å². The minimum Gasteiger partial charge on any atom is -0.311 e. The molecule has 0 unspecified atom stereocenters. The fraction of sp³-hybridized carbons (Fsp3) is 0.0930. The van der Waals surface area contributed by atoms with Crippen molar-refractivity contribution in [1.82, 2.24) is 4.98 Å². The molecule has 224 valence electrons. The van der Waals surface area contributed by atoms with Crippen LogP contribution in [-0.4, -0.2) is 11.7 Å². The van der Waals surface area contributed by atoms with E-state index in [9.17, 15) is 0 Å². The smallest absolute Gasteiger partial charge is 0.252 e. The van der Waals surface area contributed by atoms with Gasteiger partial charge in [0.05, 0.1) is 0 Å². The van der Waals surface area contributed by atoms with Crippen LogP contribution < -0.4 is 26.2 Å². The van der Waals surface area contributed by atoms with Gasteiger partial charge in [0.1, 0.15) is 0 Å². The quantitative estimate of drug-likeness (QED) is 0.188. The van der Waals surface area contributed by atoms with Crippen molar-refractivity contribution >= 4 is 68.0 Å². The van der Waals surface area contributed by atoms with Crippen LogP contribution in [0.15, 0.2) is 134 Å². The Morgan fingerprint density at radius 1 is 0.489 bits per heavy atom. The van der Waals surface area contributed by atoms with Gasteiger partial charge in [-0.15, -0.1) is 0 Å². The molecule has 6 aromatic carbocycles. The molecule has 47 heavy (non-hydrogen) atoms. The first-order chi connectivity index (χ1) is 23.0. The first-order valence-electron chi connectivity index (χ1n) is 16.4. The number of pyridine rings is 1. The summed E-state index contributed by atoms with van der Waals surface area (Å²) in [5.41, 5.74) is 18.6. The molecule has 7 aromatic rings. The van der Waals surface area contributed by atoms with Crippen molar-refractivity contribution in [1.29, 1.82) is 0 Å². The third-order valence-electron chi connectivity index (χ3n) is 10.0. The summed E-state index contributed by atoms with van der Waals surface area (Å²) < 4.78 is 0. The van der Waals surface area contributed by atoms with Crippen molar-refractivity contribution < 1.29 is 0 Å². The van der Waals surface area contributed by atoms with Gasteiger partial charge in [0.25, 0.3) is 6.71 Å². The normalized spacial score (nSPS) is 13.0. The predicted octanol–water partition coefficient (Wildman–Crippen LogP) is 9.22. The predicted molar refractivity (Wildman–Crippen MR) is 200 cm³/mol. The number of nitrogens with zero attached hydrogens (tertiary/aromatic N) is 3. The lowest BCUT2D eigenvalue weighted by atomic mass is 9.32. The lowest BCUT2D eigenvalue weighted by molar-refractivity contribution is 1.24. The largest absolute Gasteiger partial charge is 0.311 e. The minimum atomic E-state index is 0.0457. The van der Waals surface area contributed by atoms with Crippen LogP contribution in [0.4, 0.5) is 34.1 Å². The Balaban J connectivity index is 1.47. The van der Waals surface area contributed by atoms with Crippen LogP contribution in [0, 0.1) is 27.7 Å². The lowest BCUT2D eigenvalue weighted by Crippen LogP contribution is -2.61. The van der Waals surface area contributed by atoms with E-state index in [1.165, 1.54) is 89.0 Å². The Hall–Kier alpha value is -5.61. The zero-order valence-electron chi connectivity index (χ0n) is 27.1. The zero-order chi connectivity index (χ0) is 31.8. The summed E-state index contributed by atoms with van der Waals surface area (Å²) in [6, 6.07) is 45.2. The Morgan fingerprint density at radius 2 is 1.09 bits per heavy atom. The molecule has 0 spiro atoms. The summed E-state index contributed by atoms with van der Waals surface area (Å²) in [5.74, 6) is 0. The summed E-state index contributed by atoms with van der Waals surface area (Å²) in [6.45, 7) is 8.78. The topological polar surface area (TPSA) is 19.4 Å². The van der Waals surface area contributed by atoms with E-state index in [0.29, 0.717) is 0 Å². The Bertz CT molecular complexity index is 2330. The number of hydrogen-bond acceptors (Lipinski definition) is 3. The van der Waals surface area contributed by atoms with Gasteiger partial charge in [0.2, 0.25) is 0 Å². The second-order valence-electron chi connectivity index (χ2n) is 13.2. The van der Waals surface area contributed by atoms with E-state index in [-0.39, 0.29) is 6.71 Å². The molecule has 0 amide bonds. The second-order valence-corrected chi connectivity index (χ2v) is 13.2. The van der Waals surface area contributed by atoms with Crippen LogP contribution in [0.2, 0.25) is 0 Å². The third kappa shape index (κ3) is 4.25. The molecule has 1 aromatic heterocycles. The van der Waals surface area contributed by atoms with Crippen molar-refractivity contribution in [2.75, 3.05) is 9.80 Å². The maximum atomic E-state index is 4.57. The maximum Gasteiger partial charge on any atom is 0.252 e. The molecule has 0 atom stereocenters. The zero-order valence-corrected chi connectivity index (χ0v) is 27.1. The minimum absolute atomic E-state index is 0.0457. The fourth-order valence-corrected chi connectivity index (χ4v) is 7.77. The molecule has 3 heterocycles. The standard InChI is InChI=1S/C43H34BN3/c1-27-10-15-33(16-11-27)46-38-22-29(3)14-19-37(38)44-42-35-20-21-45-26-36(35)30(4)23-39(42)47(34-17-12-28(2)13-18-34)41-25-32(24-40(46)43(41)44)31-8-6-5-7-9-31/h5-26H,1-4H3. The second kappa shape index (κ2) is 10.5. The van der Waals surface area contributed by atoms with Gasteiger partial charge in [-0.25, -0.2) is 0 Å². The third-order valence-corrected chi connectivity index (χ3v) is 10.0. The average molecular weight is 604 g/mol. The number of aromatic nitrogens is 1. The van der Waals surface area contributed by atoms with E-state index in [1.807, 2.05) is 12.4 Å². The SMILES string of the molecule is Cc1ccc(N2c3cc(C)ccc3B3c4c2cc(-c2ccccc2)cc4N(c2ccc(C)cc2)c2cc(C)c4cnccc4c23)cc1. The monoisotopic (exact) mass is 603 g/mol. The van der Waals surface area contributed by atoms with E-state index in [4.69, 9.17) is 0 Å². The highest BCUT2D eigenvalue weighted by atomic mass is 15.2. The maximum absolute atomic E-state index is 4.57. The first kappa shape index (κ1) is 27.7. The van der Waals surface area contributed by atoms with E-state index in [1.54, 1.807) is 0 Å². The highest BCUT2D eigenvalue weighted by molar-refractivity contribution is 7.01. The molecule has 0 N–H and O–H groups in total. The Labute approximate surface area is 276 Å². The van der Waals surface area contributed by atoms with E-state index < -0.39 is 0 Å². The highest BCUT2D eigenvalue weighted by Gasteiger charge is 2.44. The van der Waals surface area contributed by atoms with Crippen LogP contribution >= 0.6 is 0 Å². The van der Waals surface area contributed by atoms with E-state index in [0.717, 1.165) is 5.69 Å². The Kier molecular flexibility index (Phi) is 6.16. The van der Waals surface area contributed by atoms with Gasteiger partial charge < -0.3 is 9.80 Å². The molecule has 0 saturated carbocycles. The molecule has 0 bridgehead atoms. The van der Waals surface area contributed by atoms with Crippen LogP contribution in [0.5, 0.6) is 0 Å². The van der Waals surface area contributed by atoms with Crippen molar-refractivity contribution in [3.63, 3.8) is 0 Å². The van der Waals surface area contributed by atoms with E-state index in [2.05, 4.69) is 164 Å². The molecule has 4 heteroatoms. The molecule has 3 nitrogen and oxygen atoms in total. The van der Waals surface area contributed by atoms with Gasteiger partial charge in [-0.1, -0.05) is 77.9 Å². The van der Waals surface area contributed by atoms with Gasteiger partial charge in [0, 0.05) is 51.9 Å². The summed E-state index contributed by atoms with van der Waals surface area (Å²) in [4.78, 5) is 9.58. The summed E-state index contributed by atoms with van der Waals surface area (Å²) in [5, 5.41) is 2.46. The molecular formula is C43H34BN3.